The molecule has 1 aromatic rings. The fourth-order valence-electron chi connectivity index (χ4n) is 1.85. The van der Waals surface area contributed by atoms with Gasteiger partial charge in [0, 0.05) is 24.4 Å². The van der Waals surface area contributed by atoms with Crippen LogP contribution in [0.25, 0.3) is 0 Å². The Labute approximate surface area is 89.0 Å². The second-order valence-corrected chi connectivity index (χ2v) is 6.23. The second-order valence-electron chi connectivity index (χ2n) is 3.92. The van der Waals surface area contributed by atoms with Crippen molar-refractivity contribution in [2.24, 2.45) is 5.73 Å². The van der Waals surface area contributed by atoms with Gasteiger partial charge in [-0.2, -0.15) is 0 Å². The number of nitrogens with zero attached hydrogens (tertiary/aromatic N) is 1. The van der Waals surface area contributed by atoms with E-state index in [1.807, 2.05) is 0 Å². The summed E-state index contributed by atoms with van der Waals surface area (Å²) >= 11 is 0. The van der Waals surface area contributed by atoms with Crippen LogP contribution >= 0.6 is 0 Å². The van der Waals surface area contributed by atoms with Gasteiger partial charge < -0.3 is 10.7 Å². The van der Waals surface area contributed by atoms with Crippen LogP contribution < -0.4 is 5.73 Å². The highest BCUT2D eigenvalue weighted by Gasteiger charge is 2.26. The minimum Gasteiger partial charge on any atom is -0.345 e. The van der Waals surface area contributed by atoms with Crippen molar-refractivity contribution < 1.29 is 8.42 Å². The number of hydrogen-bond donors (Lipinski definition) is 2. The zero-order chi connectivity index (χ0) is 10.9. The summed E-state index contributed by atoms with van der Waals surface area (Å²) in [6.45, 7) is 0.442. The van der Waals surface area contributed by atoms with Gasteiger partial charge >= 0.3 is 0 Å². The molecule has 0 saturated carbocycles. The lowest BCUT2D eigenvalue weighted by molar-refractivity contribution is 0.539. The number of imidazole rings is 1. The number of aromatic nitrogens is 2. The van der Waals surface area contributed by atoms with E-state index in [1.54, 1.807) is 6.20 Å². The molecule has 0 spiro atoms. The molecule has 5 nitrogen and oxygen atoms in total. The van der Waals surface area contributed by atoms with Crippen LogP contribution in [0.4, 0.5) is 0 Å². The van der Waals surface area contributed by atoms with Crippen molar-refractivity contribution in [2.45, 2.75) is 25.3 Å². The predicted octanol–water partition coefficient (Wildman–Crippen LogP) is 0.161. The summed E-state index contributed by atoms with van der Waals surface area (Å²) in [6, 6.07) is 0. The van der Waals surface area contributed by atoms with E-state index in [0.29, 0.717) is 19.4 Å². The standard InChI is InChI=1S/C9H15N3O2S/c10-5-8-6-11-9(12-8)7-1-3-15(13,14)4-2-7/h6-7H,1-5,10H2,(H,11,12). The average molecular weight is 229 g/mol. The molecule has 2 rings (SSSR count). The first-order valence-corrected chi connectivity index (χ1v) is 6.87. The third-order valence-electron chi connectivity index (χ3n) is 2.81. The first-order chi connectivity index (χ1) is 7.11. The molecule has 84 valence electrons. The summed E-state index contributed by atoms with van der Waals surface area (Å²) in [5, 5.41) is 0. The van der Waals surface area contributed by atoms with Gasteiger partial charge in [-0.15, -0.1) is 0 Å². The SMILES string of the molecule is NCc1cnc(C2CCS(=O)(=O)CC2)[nH]1. The minimum atomic E-state index is -2.79. The second kappa shape index (κ2) is 3.94. The van der Waals surface area contributed by atoms with Crippen LogP contribution in [0.15, 0.2) is 6.20 Å². The Morgan fingerprint density at radius 1 is 1.47 bits per heavy atom. The molecule has 1 saturated heterocycles. The van der Waals surface area contributed by atoms with E-state index in [2.05, 4.69) is 9.97 Å². The molecule has 3 N–H and O–H groups in total. The van der Waals surface area contributed by atoms with Gasteiger partial charge in [0.2, 0.25) is 0 Å². The zero-order valence-electron chi connectivity index (χ0n) is 8.44. The first kappa shape index (κ1) is 10.6. The van der Waals surface area contributed by atoms with Crippen molar-refractivity contribution >= 4 is 9.84 Å². The van der Waals surface area contributed by atoms with E-state index < -0.39 is 9.84 Å². The summed E-state index contributed by atoms with van der Waals surface area (Å²) in [5.74, 6) is 1.67. The molecule has 0 amide bonds. The molecule has 2 heterocycles. The Hall–Kier alpha value is -0.880. The molecule has 0 aliphatic carbocycles. The maximum atomic E-state index is 11.2. The third kappa shape index (κ3) is 2.38. The van der Waals surface area contributed by atoms with Crippen molar-refractivity contribution in [3.05, 3.63) is 17.7 Å². The van der Waals surface area contributed by atoms with Gasteiger partial charge in [-0.1, -0.05) is 0 Å². The third-order valence-corrected chi connectivity index (χ3v) is 4.52. The molecule has 0 bridgehead atoms. The average Bonchev–Trinajstić information content (AvgIpc) is 2.66. The molecule has 0 unspecified atom stereocenters. The molecule has 1 fully saturated rings. The Bertz CT molecular complexity index is 424. The van der Waals surface area contributed by atoms with Gasteiger partial charge in [0.25, 0.3) is 0 Å². The van der Waals surface area contributed by atoms with Crippen LogP contribution in [0.3, 0.4) is 0 Å². The Morgan fingerprint density at radius 2 is 2.13 bits per heavy atom. The van der Waals surface area contributed by atoms with Crippen LogP contribution in [-0.4, -0.2) is 29.9 Å². The molecular formula is C9H15N3O2S. The molecule has 1 aromatic heterocycles. The maximum Gasteiger partial charge on any atom is 0.150 e. The quantitative estimate of drug-likeness (QED) is 0.756. The van der Waals surface area contributed by atoms with E-state index in [0.717, 1.165) is 11.5 Å². The van der Waals surface area contributed by atoms with Crippen molar-refractivity contribution in [2.75, 3.05) is 11.5 Å². The largest absolute Gasteiger partial charge is 0.345 e. The van der Waals surface area contributed by atoms with E-state index in [-0.39, 0.29) is 17.4 Å². The molecular weight excluding hydrogens is 214 g/mol. The number of H-pyrrole nitrogens is 1. The number of sulfone groups is 1. The molecule has 0 radical (unpaired) electrons. The lowest BCUT2D eigenvalue weighted by Crippen LogP contribution is -2.22. The highest BCUT2D eigenvalue weighted by Crippen LogP contribution is 2.26. The molecule has 15 heavy (non-hydrogen) atoms. The van der Waals surface area contributed by atoms with Crippen molar-refractivity contribution in [1.29, 1.82) is 0 Å². The molecule has 0 aromatic carbocycles. The number of aromatic amines is 1. The van der Waals surface area contributed by atoms with Gasteiger partial charge in [0.15, 0.2) is 0 Å². The van der Waals surface area contributed by atoms with Crippen molar-refractivity contribution in [1.82, 2.24) is 9.97 Å². The van der Waals surface area contributed by atoms with Gasteiger partial charge in [-0.3, -0.25) is 0 Å². The normalized spacial score (nSPS) is 21.7. The van der Waals surface area contributed by atoms with E-state index in [9.17, 15) is 8.42 Å². The number of hydrogen-bond acceptors (Lipinski definition) is 4. The van der Waals surface area contributed by atoms with Gasteiger partial charge in [-0.25, -0.2) is 13.4 Å². The van der Waals surface area contributed by atoms with Crippen LogP contribution in [0, 0.1) is 0 Å². The van der Waals surface area contributed by atoms with E-state index in [1.165, 1.54) is 0 Å². The van der Waals surface area contributed by atoms with Gasteiger partial charge in [-0.05, 0) is 12.8 Å². The molecule has 1 aliphatic rings. The van der Waals surface area contributed by atoms with Gasteiger partial charge in [0.1, 0.15) is 15.7 Å². The Kier molecular flexibility index (Phi) is 2.79. The Balaban J connectivity index is 2.07. The summed E-state index contributed by atoms with van der Waals surface area (Å²) in [5.41, 5.74) is 6.37. The van der Waals surface area contributed by atoms with Crippen molar-refractivity contribution in [3.63, 3.8) is 0 Å². The monoisotopic (exact) mass is 229 g/mol. The topological polar surface area (TPSA) is 88.8 Å². The maximum absolute atomic E-state index is 11.2. The highest BCUT2D eigenvalue weighted by atomic mass is 32.2. The summed E-state index contributed by atoms with van der Waals surface area (Å²) < 4.78 is 22.5. The molecule has 6 heteroatoms. The summed E-state index contributed by atoms with van der Waals surface area (Å²) in [7, 11) is -2.79. The van der Waals surface area contributed by atoms with E-state index in [4.69, 9.17) is 5.73 Å². The van der Waals surface area contributed by atoms with Crippen LogP contribution in [-0.2, 0) is 16.4 Å². The highest BCUT2D eigenvalue weighted by molar-refractivity contribution is 7.91. The number of nitrogens with two attached hydrogens (primary N) is 1. The lowest BCUT2D eigenvalue weighted by Gasteiger charge is -2.19. The number of nitrogens with one attached hydrogen (secondary N) is 1. The first-order valence-electron chi connectivity index (χ1n) is 5.05. The summed E-state index contributed by atoms with van der Waals surface area (Å²) in [4.78, 5) is 7.36. The zero-order valence-corrected chi connectivity index (χ0v) is 9.26. The van der Waals surface area contributed by atoms with E-state index >= 15 is 0 Å². The van der Waals surface area contributed by atoms with Crippen LogP contribution in [0.2, 0.25) is 0 Å². The predicted molar refractivity (Wildman–Crippen MR) is 57.1 cm³/mol. The fraction of sp³-hybridized carbons (Fsp3) is 0.667. The van der Waals surface area contributed by atoms with Crippen LogP contribution in [0.1, 0.15) is 30.3 Å². The minimum absolute atomic E-state index is 0.244. The Morgan fingerprint density at radius 3 is 2.67 bits per heavy atom. The van der Waals surface area contributed by atoms with Crippen molar-refractivity contribution in [3.8, 4) is 0 Å². The summed E-state index contributed by atoms with van der Waals surface area (Å²) in [6.07, 6.45) is 3.05. The smallest absolute Gasteiger partial charge is 0.150 e. The van der Waals surface area contributed by atoms with Gasteiger partial charge in [0.05, 0.1) is 11.5 Å². The number of rotatable bonds is 2. The molecule has 0 atom stereocenters. The lowest BCUT2D eigenvalue weighted by atomic mass is 10.0. The fourth-order valence-corrected chi connectivity index (χ4v) is 3.34. The van der Waals surface area contributed by atoms with Crippen LogP contribution in [0.5, 0.6) is 0 Å². The molecule has 1 aliphatic heterocycles.